The van der Waals surface area contributed by atoms with Crippen LogP contribution in [0.25, 0.3) is 0 Å². The Morgan fingerprint density at radius 3 is 0.700 bits per heavy atom. The molecule has 0 atom stereocenters. The molecule has 0 aromatic rings. The average Bonchev–Trinajstić information content (AvgIpc) is 0.918. The van der Waals surface area contributed by atoms with Gasteiger partial charge in [-0.25, -0.2) is 0 Å². The summed E-state index contributed by atoms with van der Waals surface area (Å²) in [5.41, 5.74) is 0. The minimum absolute atomic E-state index is 0. The van der Waals surface area contributed by atoms with Crippen LogP contribution in [0, 0.1) is 0 Å². The Bertz CT molecular complexity index is 41.6. The molecule has 0 amide bonds. The zero-order chi connectivity index (χ0) is 2.71. The van der Waals surface area contributed by atoms with E-state index >= 15 is 0 Å². The Kier molecular flexibility index (Phi) is 3950. The van der Waals surface area contributed by atoms with E-state index in [4.69, 9.17) is 9.13 Å². The van der Waals surface area contributed by atoms with Gasteiger partial charge >= 0.3 is 47.0 Å². The molecule has 0 aromatic carbocycles. The molecule has 0 aliphatic heterocycles. The zero-order valence-electron chi connectivity index (χ0n) is 5.71. The number of halogens is 6. The second kappa shape index (κ2) is 275. The molecular formula is H7F6NaO2P+. The van der Waals surface area contributed by atoms with Gasteiger partial charge < -0.3 is 1.43 Å². The van der Waals surface area contributed by atoms with E-state index in [0.717, 1.165) is 0 Å². The molecule has 10 heavy (non-hydrogen) atoms. The Morgan fingerprint density at radius 1 is 0.700 bits per heavy atom. The van der Waals surface area contributed by atoms with Crippen molar-refractivity contribution in [2.75, 3.05) is 0 Å². The van der Waals surface area contributed by atoms with E-state index < -0.39 is 8.34 Å². The number of hydrogen-bond acceptors (Lipinski definition) is 2. The smallest absolute Gasteiger partial charge is 1.00 e. The van der Waals surface area contributed by atoms with Gasteiger partial charge in [0.1, 0.15) is 0 Å². The quantitative estimate of drug-likeness (QED) is 0.280. The van der Waals surface area contributed by atoms with Crippen LogP contribution in [0.3, 0.4) is 0 Å². The fraction of sp³-hybridized carbons (Fsp3) is 0. The molecule has 0 aliphatic carbocycles. The van der Waals surface area contributed by atoms with Crippen molar-refractivity contribution in [1.82, 2.24) is 0 Å². The van der Waals surface area contributed by atoms with Gasteiger partial charge in [-0.2, -0.15) is 0 Å². The standard InChI is InChI=1S/6FH.Na.O2P.H/c;;;;;;;1-3-2;/h6*1H;;;/q;;;;;;2*+1;-1. The normalized spacial score (nSPS) is 0.800. The van der Waals surface area contributed by atoms with Gasteiger partial charge in [0.25, 0.3) is 0 Å². The van der Waals surface area contributed by atoms with Crippen LogP contribution < -0.4 is 29.6 Å². The van der Waals surface area contributed by atoms with E-state index in [1.165, 1.54) is 0 Å². The molecule has 0 rings (SSSR count). The van der Waals surface area contributed by atoms with E-state index in [0.29, 0.717) is 0 Å². The van der Waals surface area contributed by atoms with E-state index in [2.05, 4.69) is 0 Å². The summed E-state index contributed by atoms with van der Waals surface area (Å²) in [6, 6.07) is 0. The van der Waals surface area contributed by atoms with Crippen LogP contribution >= 0.6 is 8.34 Å². The molecular weight excluding hydrogens is 200 g/mol. The maximum absolute atomic E-state index is 8.35. The summed E-state index contributed by atoms with van der Waals surface area (Å²) in [5, 5.41) is 0. The van der Waals surface area contributed by atoms with Crippen molar-refractivity contribution in [2.45, 2.75) is 0 Å². The van der Waals surface area contributed by atoms with Crippen molar-refractivity contribution in [3.63, 3.8) is 0 Å². The molecule has 0 aliphatic rings. The number of rotatable bonds is 0. The molecule has 0 unspecified atom stereocenters. The van der Waals surface area contributed by atoms with Crippen LogP contribution in [0.5, 0.6) is 0 Å². The van der Waals surface area contributed by atoms with Crippen molar-refractivity contribution < 1.29 is 68.3 Å². The van der Waals surface area contributed by atoms with Crippen molar-refractivity contribution in [1.29, 1.82) is 0 Å². The summed E-state index contributed by atoms with van der Waals surface area (Å²) < 4.78 is 16.7. The molecule has 0 saturated carbocycles. The fourth-order valence-corrected chi connectivity index (χ4v) is 0. The Hall–Kier alpha value is 0.610. The van der Waals surface area contributed by atoms with Crippen LogP contribution in [-0.4, -0.2) is 0 Å². The minimum Gasteiger partial charge on any atom is -1.00 e. The monoisotopic (exact) mass is 207 g/mol. The summed E-state index contributed by atoms with van der Waals surface area (Å²) in [6.45, 7) is 0. The molecule has 0 spiro atoms. The second-order valence-corrected chi connectivity index (χ2v) is 0.224. The van der Waals surface area contributed by atoms with Gasteiger partial charge in [0, 0.05) is 0 Å². The molecule has 66 valence electrons. The van der Waals surface area contributed by atoms with Gasteiger partial charge in [0.2, 0.25) is 0 Å². The van der Waals surface area contributed by atoms with Crippen molar-refractivity contribution in [3.05, 3.63) is 0 Å². The van der Waals surface area contributed by atoms with Gasteiger partial charge in [0.05, 0.1) is 0 Å². The summed E-state index contributed by atoms with van der Waals surface area (Å²) in [6.07, 6.45) is 0. The Morgan fingerprint density at radius 2 is 0.700 bits per heavy atom. The predicted molar refractivity (Wildman–Crippen MR) is 24.4 cm³/mol. The van der Waals surface area contributed by atoms with E-state index in [9.17, 15) is 0 Å². The third-order valence-corrected chi connectivity index (χ3v) is 0. The third-order valence-electron chi connectivity index (χ3n) is 0. The van der Waals surface area contributed by atoms with Crippen molar-refractivity contribution in [3.8, 4) is 0 Å². The SMILES string of the molecule is F.F.F.F.F.F.O=[P+]=O.[H-].[Na+]. The predicted octanol–water partition coefficient (Wildman–Crippen LogP) is -1.34. The maximum atomic E-state index is 8.35. The first kappa shape index (κ1) is 144. The Labute approximate surface area is 77.0 Å². The first-order chi connectivity index (χ1) is 1.41. The average molecular weight is 207 g/mol. The Balaban J connectivity index is -0.000000000714. The molecule has 0 radical (unpaired) electrons. The van der Waals surface area contributed by atoms with Crippen LogP contribution in [0.2, 0.25) is 0 Å². The first-order valence-corrected chi connectivity index (χ1v) is 1.10. The topological polar surface area (TPSA) is 34.1 Å². The molecule has 0 aromatic heterocycles. The third kappa shape index (κ3) is 1340. The van der Waals surface area contributed by atoms with Gasteiger partial charge in [-0.15, -0.1) is 0 Å². The van der Waals surface area contributed by atoms with Crippen LogP contribution in [0.15, 0.2) is 0 Å². The van der Waals surface area contributed by atoms with Crippen molar-refractivity contribution >= 4 is 8.34 Å². The summed E-state index contributed by atoms with van der Waals surface area (Å²) in [4.78, 5) is 0. The molecule has 0 saturated heterocycles. The van der Waals surface area contributed by atoms with E-state index in [1.807, 2.05) is 0 Å². The van der Waals surface area contributed by atoms with Crippen LogP contribution in [0.4, 0.5) is 28.2 Å². The fourth-order valence-electron chi connectivity index (χ4n) is 0. The second-order valence-electron chi connectivity index (χ2n) is 0.0745. The zero-order valence-corrected chi connectivity index (χ0v) is 7.61. The van der Waals surface area contributed by atoms with Crippen LogP contribution in [-0.2, 0) is 9.13 Å². The maximum Gasteiger partial charge on any atom is 1.00 e. The van der Waals surface area contributed by atoms with Gasteiger partial charge in [-0.1, -0.05) is 0 Å². The largest absolute Gasteiger partial charge is 1.00 e. The van der Waals surface area contributed by atoms with Gasteiger partial charge in [-0.05, 0) is 0 Å². The molecule has 0 N–H and O–H groups in total. The molecule has 0 heterocycles. The summed E-state index contributed by atoms with van der Waals surface area (Å²) in [5.74, 6) is 0. The molecule has 0 bridgehead atoms. The van der Waals surface area contributed by atoms with E-state index in [-0.39, 0.29) is 59.2 Å². The molecule has 10 heteroatoms. The van der Waals surface area contributed by atoms with E-state index in [1.54, 1.807) is 0 Å². The summed E-state index contributed by atoms with van der Waals surface area (Å²) >= 11 is 0. The van der Waals surface area contributed by atoms with Gasteiger partial charge in [-0.3, -0.25) is 28.2 Å². The minimum atomic E-state index is -1.08. The molecule has 0 fully saturated rings. The van der Waals surface area contributed by atoms with Gasteiger partial charge in [0.15, 0.2) is 0 Å². The summed E-state index contributed by atoms with van der Waals surface area (Å²) in [7, 11) is -1.08. The van der Waals surface area contributed by atoms with Crippen LogP contribution in [0.1, 0.15) is 1.43 Å². The first-order valence-electron chi connectivity index (χ1n) is 0.365. The molecule has 2 nitrogen and oxygen atoms in total. The number of hydrogen-bond donors (Lipinski definition) is 0. The van der Waals surface area contributed by atoms with Crippen molar-refractivity contribution in [2.24, 2.45) is 0 Å².